The Hall–Kier alpha value is -1.29. The zero-order chi connectivity index (χ0) is 13.2. The van der Waals surface area contributed by atoms with Crippen LogP contribution >= 0.6 is 0 Å². The molecule has 104 valence electrons. The Morgan fingerprint density at radius 2 is 1.74 bits per heavy atom. The first kappa shape index (κ1) is 12.7. The Morgan fingerprint density at radius 1 is 1.05 bits per heavy atom. The van der Waals surface area contributed by atoms with Crippen LogP contribution in [0.15, 0.2) is 18.2 Å². The smallest absolute Gasteiger partial charge is 0.148 e. The van der Waals surface area contributed by atoms with Crippen LogP contribution in [0.5, 0.6) is 0 Å². The van der Waals surface area contributed by atoms with Gasteiger partial charge in [-0.1, -0.05) is 18.9 Å². The van der Waals surface area contributed by atoms with Gasteiger partial charge in [0.25, 0.3) is 0 Å². The zero-order valence-corrected chi connectivity index (χ0v) is 11.3. The highest BCUT2D eigenvalue weighted by Crippen LogP contribution is 2.29. The summed E-state index contributed by atoms with van der Waals surface area (Å²) in [6.07, 6.45) is 5.45. The molecule has 0 bridgehead atoms. The van der Waals surface area contributed by atoms with E-state index in [2.05, 4.69) is 9.80 Å². The van der Waals surface area contributed by atoms with Gasteiger partial charge in [0.05, 0.1) is 11.4 Å². The number of nitrogens with zero attached hydrogens (tertiary/aromatic N) is 2. The number of halogens is 1. The predicted octanol–water partition coefficient (Wildman–Crippen LogP) is 2.47. The Balaban J connectivity index is 1.64. The minimum atomic E-state index is -0.310. The largest absolute Gasteiger partial charge is 0.395 e. The van der Waals surface area contributed by atoms with E-state index < -0.39 is 0 Å². The van der Waals surface area contributed by atoms with Gasteiger partial charge in [-0.3, -0.25) is 4.90 Å². The van der Waals surface area contributed by atoms with Crippen LogP contribution in [-0.2, 0) is 0 Å². The molecule has 0 amide bonds. The second-order valence-electron chi connectivity index (χ2n) is 5.63. The summed E-state index contributed by atoms with van der Waals surface area (Å²) in [4.78, 5) is 4.81. The van der Waals surface area contributed by atoms with E-state index in [0.717, 1.165) is 37.9 Å². The monoisotopic (exact) mass is 263 g/mol. The van der Waals surface area contributed by atoms with Crippen LogP contribution in [0.4, 0.5) is 15.8 Å². The van der Waals surface area contributed by atoms with E-state index in [-0.39, 0.29) is 11.5 Å². The first-order valence-electron chi connectivity index (χ1n) is 7.28. The molecule has 1 heterocycles. The van der Waals surface area contributed by atoms with Gasteiger partial charge < -0.3 is 10.6 Å². The van der Waals surface area contributed by atoms with Gasteiger partial charge >= 0.3 is 0 Å². The molecule has 1 aromatic rings. The fourth-order valence-electron chi connectivity index (χ4n) is 3.40. The standard InChI is InChI=1S/C15H22FN3/c16-13-6-3-7-14(15(13)17)19-10-8-18(9-11-19)12-4-1-2-5-12/h3,6-7,12H,1-2,4-5,8-11,17H2. The lowest BCUT2D eigenvalue weighted by molar-refractivity contribution is 0.187. The van der Waals surface area contributed by atoms with Crippen LogP contribution in [0.3, 0.4) is 0 Å². The predicted molar refractivity (Wildman–Crippen MR) is 76.9 cm³/mol. The molecular weight excluding hydrogens is 241 g/mol. The van der Waals surface area contributed by atoms with Crippen molar-refractivity contribution in [2.45, 2.75) is 31.7 Å². The first-order chi connectivity index (χ1) is 9.25. The fraction of sp³-hybridized carbons (Fsp3) is 0.600. The molecule has 3 nitrogen and oxygen atoms in total. The molecular formula is C15H22FN3. The van der Waals surface area contributed by atoms with Crippen molar-refractivity contribution in [2.75, 3.05) is 36.8 Å². The van der Waals surface area contributed by atoms with Gasteiger partial charge in [-0.2, -0.15) is 0 Å². The number of rotatable bonds is 2. The maximum atomic E-state index is 13.5. The summed E-state index contributed by atoms with van der Waals surface area (Å²) in [5.41, 5.74) is 6.98. The van der Waals surface area contributed by atoms with Crippen molar-refractivity contribution < 1.29 is 4.39 Å². The van der Waals surface area contributed by atoms with Gasteiger partial charge in [-0.25, -0.2) is 4.39 Å². The van der Waals surface area contributed by atoms with Gasteiger partial charge in [-0.15, -0.1) is 0 Å². The summed E-state index contributed by atoms with van der Waals surface area (Å²) >= 11 is 0. The minimum Gasteiger partial charge on any atom is -0.395 e. The Labute approximate surface area is 114 Å². The molecule has 0 unspecified atom stereocenters. The molecule has 3 rings (SSSR count). The number of nitrogen functional groups attached to an aromatic ring is 1. The van der Waals surface area contributed by atoms with E-state index in [0.29, 0.717) is 0 Å². The second kappa shape index (κ2) is 5.37. The van der Waals surface area contributed by atoms with Crippen LogP contribution < -0.4 is 10.6 Å². The molecule has 0 aromatic heterocycles. The van der Waals surface area contributed by atoms with E-state index in [4.69, 9.17) is 5.73 Å². The molecule has 2 aliphatic rings. The van der Waals surface area contributed by atoms with E-state index in [1.807, 2.05) is 6.07 Å². The van der Waals surface area contributed by atoms with Gasteiger partial charge in [0, 0.05) is 32.2 Å². The van der Waals surface area contributed by atoms with Gasteiger partial charge in [0.1, 0.15) is 5.82 Å². The summed E-state index contributed by atoms with van der Waals surface area (Å²) in [6.45, 7) is 4.04. The van der Waals surface area contributed by atoms with E-state index in [1.54, 1.807) is 6.07 Å². The number of benzene rings is 1. The van der Waals surface area contributed by atoms with E-state index >= 15 is 0 Å². The first-order valence-corrected chi connectivity index (χ1v) is 7.28. The third kappa shape index (κ3) is 2.54. The Kier molecular flexibility index (Phi) is 3.60. The fourth-order valence-corrected chi connectivity index (χ4v) is 3.40. The second-order valence-corrected chi connectivity index (χ2v) is 5.63. The molecule has 0 spiro atoms. The maximum Gasteiger partial charge on any atom is 0.148 e. The highest BCUT2D eigenvalue weighted by Gasteiger charge is 2.26. The van der Waals surface area contributed by atoms with E-state index in [9.17, 15) is 4.39 Å². The normalized spacial score (nSPS) is 22.1. The van der Waals surface area contributed by atoms with Crippen molar-refractivity contribution in [1.29, 1.82) is 0 Å². The SMILES string of the molecule is Nc1c(F)cccc1N1CCN(C2CCCC2)CC1. The molecule has 1 aromatic carbocycles. The molecule has 2 N–H and O–H groups in total. The van der Waals surface area contributed by atoms with Crippen LogP contribution in [0, 0.1) is 5.82 Å². The van der Waals surface area contributed by atoms with E-state index in [1.165, 1.54) is 31.7 Å². The number of piperazine rings is 1. The van der Waals surface area contributed by atoms with Crippen molar-refractivity contribution >= 4 is 11.4 Å². The summed E-state index contributed by atoms with van der Waals surface area (Å²) in [5.74, 6) is -0.310. The molecule has 1 aliphatic carbocycles. The van der Waals surface area contributed by atoms with Crippen LogP contribution in [0.25, 0.3) is 0 Å². The van der Waals surface area contributed by atoms with Gasteiger partial charge in [-0.05, 0) is 25.0 Å². The summed E-state index contributed by atoms with van der Waals surface area (Å²) in [5, 5.41) is 0. The van der Waals surface area contributed by atoms with Crippen LogP contribution in [0.2, 0.25) is 0 Å². The molecule has 2 fully saturated rings. The maximum absolute atomic E-state index is 13.5. The number of nitrogens with two attached hydrogens (primary N) is 1. The highest BCUT2D eigenvalue weighted by molar-refractivity contribution is 5.68. The molecule has 4 heteroatoms. The number of para-hydroxylation sites is 1. The third-order valence-corrected chi connectivity index (χ3v) is 4.53. The Morgan fingerprint density at radius 3 is 2.42 bits per heavy atom. The highest BCUT2D eigenvalue weighted by atomic mass is 19.1. The lowest BCUT2D eigenvalue weighted by Gasteiger charge is -2.39. The zero-order valence-electron chi connectivity index (χ0n) is 11.3. The average molecular weight is 263 g/mol. The van der Waals surface area contributed by atoms with Crippen molar-refractivity contribution in [3.8, 4) is 0 Å². The van der Waals surface area contributed by atoms with Crippen molar-refractivity contribution in [2.24, 2.45) is 0 Å². The third-order valence-electron chi connectivity index (χ3n) is 4.53. The quantitative estimate of drug-likeness (QED) is 0.832. The molecule has 1 saturated heterocycles. The lowest BCUT2D eigenvalue weighted by Crippen LogP contribution is -2.49. The summed E-state index contributed by atoms with van der Waals surface area (Å²) in [7, 11) is 0. The summed E-state index contributed by atoms with van der Waals surface area (Å²) < 4.78 is 13.5. The van der Waals surface area contributed by atoms with Crippen LogP contribution in [-0.4, -0.2) is 37.1 Å². The number of anilines is 2. The molecule has 1 aliphatic heterocycles. The lowest BCUT2D eigenvalue weighted by atomic mass is 10.1. The topological polar surface area (TPSA) is 32.5 Å². The molecule has 0 radical (unpaired) electrons. The number of hydrogen-bond donors (Lipinski definition) is 1. The van der Waals surface area contributed by atoms with Gasteiger partial charge in [0.15, 0.2) is 0 Å². The molecule has 19 heavy (non-hydrogen) atoms. The number of hydrogen-bond acceptors (Lipinski definition) is 3. The molecule has 1 saturated carbocycles. The van der Waals surface area contributed by atoms with Crippen molar-refractivity contribution in [3.05, 3.63) is 24.0 Å². The average Bonchev–Trinajstić information content (AvgIpc) is 2.96. The Bertz CT molecular complexity index is 435. The van der Waals surface area contributed by atoms with Crippen LogP contribution in [0.1, 0.15) is 25.7 Å². The molecule has 0 atom stereocenters. The minimum absolute atomic E-state index is 0.289. The van der Waals surface area contributed by atoms with Crippen molar-refractivity contribution in [1.82, 2.24) is 4.90 Å². The van der Waals surface area contributed by atoms with Gasteiger partial charge in [0.2, 0.25) is 0 Å². The van der Waals surface area contributed by atoms with Crippen molar-refractivity contribution in [3.63, 3.8) is 0 Å². The summed E-state index contributed by atoms with van der Waals surface area (Å²) in [6, 6.07) is 5.87.